The zero-order chi connectivity index (χ0) is 21.6. The van der Waals surface area contributed by atoms with Crippen molar-refractivity contribution >= 4 is 17.4 Å². The Labute approximate surface area is 182 Å². The van der Waals surface area contributed by atoms with Crippen molar-refractivity contribution in [2.24, 2.45) is 20.2 Å². The molecule has 31 heavy (non-hydrogen) atoms. The number of nitrogens with one attached hydrogen (secondary N) is 1. The molecule has 0 aliphatic carbocycles. The van der Waals surface area contributed by atoms with Crippen molar-refractivity contribution in [2.45, 2.75) is 26.9 Å². The molecular weight excluding hydrogens is 386 g/mol. The quantitative estimate of drug-likeness (QED) is 0.551. The number of rotatable bonds is 6. The van der Waals surface area contributed by atoms with Gasteiger partial charge in [-0.1, -0.05) is 74.5 Å². The summed E-state index contributed by atoms with van der Waals surface area (Å²) < 4.78 is 0. The van der Waals surface area contributed by atoms with Gasteiger partial charge in [-0.2, -0.15) is 0 Å². The maximum absolute atomic E-state index is 4.78. The maximum atomic E-state index is 4.78. The summed E-state index contributed by atoms with van der Waals surface area (Å²) in [5.41, 5.74) is 3.63. The fourth-order valence-electron chi connectivity index (χ4n) is 3.62. The van der Waals surface area contributed by atoms with Crippen molar-refractivity contribution in [2.75, 3.05) is 19.6 Å². The first-order chi connectivity index (χ1) is 15.2. The summed E-state index contributed by atoms with van der Waals surface area (Å²) in [6.07, 6.45) is 0.0731. The number of aromatic amines is 1. The van der Waals surface area contributed by atoms with Crippen LogP contribution in [0.3, 0.4) is 0 Å². The Morgan fingerprint density at radius 3 is 2.19 bits per heavy atom. The lowest BCUT2D eigenvalue weighted by molar-refractivity contribution is 0.228. The van der Waals surface area contributed by atoms with Crippen LogP contribution in [-0.4, -0.2) is 52.2 Å². The van der Waals surface area contributed by atoms with E-state index >= 15 is 0 Å². The van der Waals surface area contributed by atoms with E-state index < -0.39 is 0 Å². The zero-order valence-corrected chi connectivity index (χ0v) is 18.2. The second-order valence-corrected chi connectivity index (χ2v) is 7.30. The third-order valence-corrected chi connectivity index (χ3v) is 5.34. The van der Waals surface area contributed by atoms with Gasteiger partial charge in [0.05, 0.1) is 18.0 Å². The molecule has 1 N–H and O–H groups in total. The topological polar surface area (TPSA) is 81.4 Å². The highest BCUT2D eigenvalue weighted by atomic mass is 15.3. The minimum absolute atomic E-state index is 0.0731. The lowest BCUT2D eigenvalue weighted by Crippen LogP contribution is -2.39. The molecule has 0 saturated heterocycles. The van der Waals surface area contributed by atoms with Crippen molar-refractivity contribution in [3.63, 3.8) is 0 Å². The van der Waals surface area contributed by atoms with Gasteiger partial charge in [-0.15, -0.1) is 10.2 Å². The fraction of sp³-hybridized carbons (Fsp3) is 0.292. The molecule has 1 atom stereocenters. The molecule has 0 fully saturated rings. The predicted octanol–water partition coefficient (Wildman–Crippen LogP) is 5.37. The molecular formula is C24H27N7. The molecule has 3 aromatic rings. The summed E-state index contributed by atoms with van der Waals surface area (Å²) in [6, 6.07) is 20.0. The molecule has 0 amide bonds. The van der Waals surface area contributed by atoms with Crippen molar-refractivity contribution in [3.8, 4) is 22.6 Å². The van der Waals surface area contributed by atoms with Gasteiger partial charge in [-0.05, 0) is 20.0 Å². The molecule has 1 aliphatic rings. The summed E-state index contributed by atoms with van der Waals surface area (Å²) in [5.74, 6) is 1.85. The number of hydrogen-bond acceptors (Lipinski definition) is 6. The number of likely N-dealkylation sites (N-methyl/N-ethyl adjacent to an activating group) is 1. The molecule has 2 aromatic carbocycles. The molecule has 1 aromatic heterocycles. The van der Waals surface area contributed by atoms with Gasteiger partial charge in [-0.25, -0.2) is 4.98 Å². The van der Waals surface area contributed by atoms with Gasteiger partial charge >= 0.3 is 0 Å². The van der Waals surface area contributed by atoms with Crippen LogP contribution in [0.5, 0.6) is 0 Å². The van der Waals surface area contributed by atoms with Crippen LogP contribution in [0.1, 0.15) is 20.8 Å². The summed E-state index contributed by atoms with van der Waals surface area (Å²) in [7, 11) is 0. The van der Waals surface area contributed by atoms with E-state index in [9.17, 15) is 0 Å². The molecule has 0 radical (unpaired) electrons. The van der Waals surface area contributed by atoms with E-state index in [0.717, 1.165) is 41.4 Å². The van der Waals surface area contributed by atoms with E-state index in [1.165, 1.54) is 0 Å². The zero-order valence-electron chi connectivity index (χ0n) is 18.2. The third-order valence-electron chi connectivity index (χ3n) is 5.34. The van der Waals surface area contributed by atoms with E-state index in [1.807, 2.05) is 67.6 Å². The van der Waals surface area contributed by atoms with Gasteiger partial charge in [0.1, 0.15) is 12.0 Å². The smallest absolute Gasteiger partial charge is 0.200 e. The maximum Gasteiger partial charge on any atom is 0.200 e. The van der Waals surface area contributed by atoms with E-state index in [1.54, 1.807) is 0 Å². The van der Waals surface area contributed by atoms with Crippen LogP contribution in [0.4, 0.5) is 5.82 Å². The van der Waals surface area contributed by atoms with Gasteiger partial charge in [0.2, 0.25) is 5.82 Å². The number of H-pyrrole nitrogens is 1. The largest absolute Gasteiger partial charge is 0.336 e. The number of benzene rings is 2. The molecule has 1 aliphatic heterocycles. The molecule has 4 rings (SSSR count). The van der Waals surface area contributed by atoms with Crippen molar-refractivity contribution in [1.29, 1.82) is 0 Å². The number of aliphatic imine (C=N–C) groups is 2. The highest BCUT2D eigenvalue weighted by Crippen LogP contribution is 2.31. The second-order valence-electron chi connectivity index (χ2n) is 7.30. The van der Waals surface area contributed by atoms with Crippen LogP contribution in [0.25, 0.3) is 22.6 Å². The Morgan fingerprint density at radius 2 is 1.58 bits per heavy atom. The first-order valence-electron chi connectivity index (χ1n) is 10.7. The highest BCUT2D eigenvalue weighted by molar-refractivity contribution is 6.41. The van der Waals surface area contributed by atoms with Crippen molar-refractivity contribution < 1.29 is 0 Å². The lowest BCUT2D eigenvalue weighted by atomic mass is 10.1. The number of aromatic nitrogens is 2. The van der Waals surface area contributed by atoms with E-state index in [0.29, 0.717) is 18.2 Å². The third kappa shape index (κ3) is 4.67. The average molecular weight is 414 g/mol. The Balaban J connectivity index is 1.64. The van der Waals surface area contributed by atoms with Gasteiger partial charge in [-0.3, -0.25) is 14.9 Å². The summed E-state index contributed by atoms with van der Waals surface area (Å²) in [6.45, 7) is 8.70. The number of nitrogens with zero attached hydrogens (tertiary/aromatic N) is 6. The van der Waals surface area contributed by atoms with Crippen LogP contribution in [0.2, 0.25) is 0 Å². The molecule has 0 saturated carbocycles. The van der Waals surface area contributed by atoms with Crippen LogP contribution >= 0.6 is 0 Å². The van der Waals surface area contributed by atoms with Crippen LogP contribution in [-0.2, 0) is 0 Å². The Hall–Kier alpha value is -3.45. The first-order valence-corrected chi connectivity index (χ1v) is 10.7. The number of amidine groups is 1. The molecule has 7 nitrogen and oxygen atoms in total. The van der Waals surface area contributed by atoms with Crippen molar-refractivity contribution in [1.82, 2.24) is 14.9 Å². The number of azo groups is 1. The number of hydrogen-bond donors (Lipinski definition) is 1. The first kappa shape index (κ1) is 20.8. The van der Waals surface area contributed by atoms with Gasteiger partial charge in [0.25, 0.3) is 0 Å². The molecule has 1 unspecified atom stereocenters. The minimum Gasteiger partial charge on any atom is -0.336 e. The molecule has 0 spiro atoms. The van der Waals surface area contributed by atoms with Crippen LogP contribution in [0, 0.1) is 0 Å². The van der Waals surface area contributed by atoms with Gasteiger partial charge in [0.15, 0.2) is 5.84 Å². The monoisotopic (exact) mass is 413 g/mol. The Morgan fingerprint density at radius 1 is 0.935 bits per heavy atom. The van der Waals surface area contributed by atoms with Crippen LogP contribution < -0.4 is 0 Å². The molecule has 2 heterocycles. The van der Waals surface area contributed by atoms with E-state index in [4.69, 9.17) is 9.98 Å². The lowest BCUT2D eigenvalue weighted by Gasteiger charge is -2.27. The standard InChI is InChI=1S/C24H27N7/c1-4-31(5-2)20-16-25-22(17(3)26-20)29-30-24-21(18-12-8-6-9-13-18)27-23(28-24)19-14-10-7-11-15-19/h6-15,20H,4-5,16H2,1-3H3,(H,27,28). The van der Waals surface area contributed by atoms with E-state index in [2.05, 4.69) is 39.0 Å². The highest BCUT2D eigenvalue weighted by Gasteiger charge is 2.20. The predicted molar refractivity (Wildman–Crippen MR) is 126 cm³/mol. The van der Waals surface area contributed by atoms with Gasteiger partial charge in [0, 0.05) is 11.1 Å². The summed E-state index contributed by atoms with van der Waals surface area (Å²) >= 11 is 0. The van der Waals surface area contributed by atoms with Gasteiger partial charge < -0.3 is 4.98 Å². The minimum atomic E-state index is 0.0731. The molecule has 7 heteroatoms. The molecule has 0 bridgehead atoms. The van der Waals surface area contributed by atoms with E-state index in [-0.39, 0.29) is 6.17 Å². The summed E-state index contributed by atoms with van der Waals surface area (Å²) in [4.78, 5) is 19.8. The second kappa shape index (κ2) is 9.57. The average Bonchev–Trinajstić information content (AvgIpc) is 3.25. The normalized spacial score (nSPS) is 16.6. The number of imidazole rings is 1. The molecule has 158 valence electrons. The van der Waals surface area contributed by atoms with Crippen molar-refractivity contribution in [3.05, 3.63) is 60.7 Å². The van der Waals surface area contributed by atoms with Crippen LogP contribution in [0.15, 0.2) is 80.9 Å². The Kier molecular flexibility index (Phi) is 6.43. The SMILES string of the molecule is CCN(CC)C1CN=C(N=Nc2nc(-c3ccccc3)[nH]c2-c2ccccc2)C(C)=N1. The summed E-state index contributed by atoms with van der Waals surface area (Å²) in [5, 5.41) is 8.89. The fourth-order valence-corrected chi connectivity index (χ4v) is 3.62. The Bertz CT molecular complexity index is 1090.